The molecular weight excluding hydrogens is 179 g/mol. The molecule has 0 atom stereocenters. The molecule has 2 rings (SSSR count). The fraction of sp³-hybridized carbons (Fsp3) is 0.417. The zero-order valence-electron chi connectivity index (χ0n) is 8.43. The molecule has 2 heteroatoms. The summed E-state index contributed by atoms with van der Waals surface area (Å²) in [4.78, 5) is 11.8. The van der Waals surface area contributed by atoms with Crippen LogP contribution in [-0.2, 0) is 0 Å². The first-order valence-corrected chi connectivity index (χ1v) is 4.90. The van der Waals surface area contributed by atoms with Gasteiger partial charge in [-0.1, -0.05) is 0 Å². The van der Waals surface area contributed by atoms with Crippen LogP contribution >= 0.6 is 0 Å². The Labute approximate surface area is 82.9 Å². The Morgan fingerprint density at radius 3 is 2.50 bits per heavy atom. The van der Waals surface area contributed by atoms with Crippen LogP contribution in [0.4, 0.5) is 4.39 Å². The zero-order valence-corrected chi connectivity index (χ0v) is 8.43. The summed E-state index contributed by atoms with van der Waals surface area (Å²) in [5.41, 5.74) is 2.01. The third-order valence-corrected chi connectivity index (χ3v) is 2.72. The molecule has 1 fully saturated rings. The average molecular weight is 192 g/mol. The SMILES string of the molecule is Cc1cc(C(=O)C2CC2)c(C)cc1F. The van der Waals surface area contributed by atoms with Crippen molar-refractivity contribution in [3.05, 3.63) is 34.6 Å². The lowest BCUT2D eigenvalue weighted by Crippen LogP contribution is -2.05. The van der Waals surface area contributed by atoms with Gasteiger partial charge in [-0.15, -0.1) is 0 Å². The fourth-order valence-corrected chi connectivity index (χ4v) is 1.61. The van der Waals surface area contributed by atoms with Crippen LogP contribution < -0.4 is 0 Å². The highest BCUT2D eigenvalue weighted by molar-refractivity contribution is 6.00. The number of Topliss-reactive ketones (excluding diaryl/α,β-unsaturated/α-hetero) is 1. The highest BCUT2D eigenvalue weighted by Gasteiger charge is 2.31. The van der Waals surface area contributed by atoms with Gasteiger partial charge in [0.05, 0.1) is 0 Å². The van der Waals surface area contributed by atoms with Crippen molar-refractivity contribution < 1.29 is 9.18 Å². The van der Waals surface area contributed by atoms with E-state index >= 15 is 0 Å². The Bertz CT molecular complexity index is 392. The van der Waals surface area contributed by atoms with Crippen molar-refractivity contribution in [2.75, 3.05) is 0 Å². The first-order valence-electron chi connectivity index (χ1n) is 4.90. The van der Waals surface area contributed by atoms with Gasteiger partial charge in [0.15, 0.2) is 5.78 Å². The number of halogens is 1. The molecule has 14 heavy (non-hydrogen) atoms. The molecule has 1 aromatic carbocycles. The second kappa shape index (κ2) is 3.19. The van der Waals surface area contributed by atoms with Crippen molar-refractivity contribution in [2.45, 2.75) is 26.7 Å². The van der Waals surface area contributed by atoms with Crippen molar-refractivity contribution in [3.63, 3.8) is 0 Å². The lowest BCUT2D eigenvalue weighted by atomic mass is 9.99. The van der Waals surface area contributed by atoms with E-state index in [-0.39, 0.29) is 17.5 Å². The van der Waals surface area contributed by atoms with Gasteiger partial charge in [-0.05, 0) is 49.9 Å². The molecule has 0 N–H and O–H groups in total. The van der Waals surface area contributed by atoms with E-state index in [1.165, 1.54) is 6.07 Å². The van der Waals surface area contributed by atoms with Crippen LogP contribution in [-0.4, -0.2) is 5.78 Å². The van der Waals surface area contributed by atoms with Gasteiger partial charge >= 0.3 is 0 Å². The Morgan fingerprint density at radius 1 is 1.29 bits per heavy atom. The lowest BCUT2D eigenvalue weighted by molar-refractivity contribution is 0.0967. The number of hydrogen-bond acceptors (Lipinski definition) is 1. The van der Waals surface area contributed by atoms with E-state index in [1.807, 2.05) is 0 Å². The summed E-state index contributed by atoms with van der Waals surface area (Å²) >= 11 is 0. The topological polar surface area (TPSA) is 17.1 Å². The smallest absolute Gasteiger partial charge is 0.166 e. The molecule has 0 unspecified atom stereocenters. The summed E-state index contributed by atoms with van der Waals surface area (Å²) in [6.45, 7) is 3.48. The van der Waals surface area contributed by atoms with Crippen LogP contribution in [0.2, 0.25) is 0 Å². The monoisotopic (exact) mass is 192 g/mol. The van der Waals surface area contributed by atoms with E-state index in [9.17, 15) is 9.18 Å². The maximum atomic E-state index is 13.1. The minimum Gasteiger partial charge on any atom is -0.294 e. The standard InChI is InChI=1S/C12H13FO/c1-7-6-11(13)8(2)5-10(7)12(14)9-3-4-9/h5-6,9H,3-4H2,1-2H3. The van der Waals surface area contributed by atoms with Crippen LogP contribution in [0.5, 0.6) is 0 Å². The summed E-state index contributed by atoms with van der Waals surface area (Å²) in [5.74, 6) is 0.166. The third-order valence-electron chi connectivity index (χ3n) is 2.72. The van der Waals surface area contributed by atoms with Crippen LogP contribution in [0.1, 0.15) is 34.3 Å². The van der Waals surface area contributed by atoms with Crippen LogP contribution in [0.15, 0.2) is 12.1 Å². The number of ketones is 1. The van der Waals surface area contributed by atoms with Gasteiger partial charge in [-0.25, -0.2) is 4.39 Å². The number of carbonyl (C=O) groups is 1. The Hall–Kier alpha value is -1.18. The van der Waals surface area contributed by atoms with Crippen LogP contribution in [0, 0.1) is 25.6 Å². The highest BCUT2D eigenvalue weighted by Crippen LogP contribution is 2.33. The molecule has 0 radical (unpaired) electrons. The molecule has 1 nitrogen and oxygen atoms in total. The van der Waals surface area contributed by atoms with Crippen molar-refractivity contribution >= 4 is 5.78 Å². The fourth-order valence-electron chi connectivity index (χ4n) is 1.61. The Morgan fingerprint density at radius 2 is 1.93 bits per heavy atom. The van der Waals surface area contributed by atoms with Crippen molar-refractivity contribution in [1.82, 2.24) is 0 Å². The molecule has 74 valence electrons. The molecule has 0 aliphatic heterocycles. The number of hydrogen-bond donors (Lipinski definition) is 0. The van der Waals surface area contributed by atoms with Gasteiger partial charge in [-0.3, -0.25) is 4.79 Å². The van der Waals surface area contributed by atoms with E-state index in [4.69, 9.17) is 0 Å². The van der Waals surface area contributed by atoms with E-state index in [2.05, 4.69) is 0 Å². The Kier molecular flexibility index (Phi) is 2.14. The van der Waals surface area contributed by atoms with Gasteiger partial charge in [0.1, 0.15) is 5.82 Å². The van der Waals surface area contributed by atoms with E-state index in [1.54, 1.807) is 19.9 Å². The largest absolute Gasteiger partial charge is 0.294 e. The first kappa shape index (κ1) is 9.38. The molecular formula is C12H13FO. The van der Waals surface area contributed by atoms with Crippen LogP contribution in [0.25, 0.3) is 0 Å². The zero-order chi connectivity index (χ0) is 10.3. The molecule has 0 spiro atoms. The number of aryl methyl sites for hydroxylation is 2. The second-order valence-electron chi connectivity index (χ2n) is 4.05. The molecule has 0 saturated heterocycles. The van der Waals surface area contributed by atoms with Gasteiger partial charge in [0.25, 0.3) is 0 Å². The highest BCUT2D eigenvalue weighted by atomic mass is 19.1. The summed E-state index contributed by atoms with van der Waals surface area (Å²) in [6.07, 6.45) is 1.99. The van der Waals surface area contributed by atoms with Crippen LogP contribution in [0.3, 0.4) is 0 Å². The summed E-state index contributed by atoms with van der Waals surface area (Å²) in [5, 5.41) is 0. The predicted molar refractivity (Wildman–Crippen MR) is 52.9 cm³/mol. The number of benzene rings is 1. The normalized spacial score (nSPS) is 15.6. The molecule has 0 amide bonds. The maximum Gasteiger partial charge on any atom is 0.166 e. The van der Waals surface area contributed by atoms with Gasteiger partial charge in [0.2, 0.25) is 0 Å². The first-order chi connectivity index (χ1) is 6.59. The van der Waals surface area contributed by atoms with E-state index < -0.39 is 0 Å². The lowest BCUT2D eigenvalue weighted by Gasteiger charge is -2.06. The third kappa shape index (κ3) is 1.57. The molecule has 1 aliphatic rings. The maximum absolute atomic E-state index is 13.1. The number of carbonyl (C=O) groups excluding carboxylic acids is 1. The minimum absolute atomic E-state index is 0.186. The Balaban J connectivity index is 2.41. The molecule has 0 heterocycles. The quantitative estimate of drug-likeness (QED) is 0.658. The predicted octanol–water partition coefficient (Wildman–Crippen LogP) is 3.04. The summed E-state index contributed by atoms with van der Waals surface area (Å²) in [6, 6.07) is 3.12. The molecule has 0 bridgehead atoms. The summed E-state index contributed by atoms with van der Waals surface area (Å²) < 4.78 is 13.1. The second-order valence-corrected chi connectivity index (χ2v) is 4.05. The number of rotatable bonds is 2. The molecule has 0 aromatic heterocycles. The molecule has 1 aromatic rings. The summed E-state index contributed by atoms with van der Waals surface area (Å²) in [7, 11) is 0. The minimum atomic E-state index is -0.227. The van der Waals surface area contributed by atoms with Crippen molar-refractivity contribution in [1.29, 1.82) is 0 Å². The van der Waals surface area contributed by atoms with Crippen molar-refractivity contribution in [2.24, 2.45) is 5.92 Å². The van der Waals surface area contributed by atoms with Gasteiger partial charge in [-0.2, -0.15) is 0 Å². The van der Waals surface area contributed by atoms with Gasteiger partial charge in [0, 0.05) is 11.5 Å². The van der Waals surface area contributed by atoms with Crippen molar-refractivity contribution in [3.8, 4) is 0 Å². The molecule has 1 saturated carbocycles. The molecule has 1 aliphatic carbocycles. The van der Waals surface area contributed by atoms with E-state index in [0.29, 0.717) is 11.1 Å². The van der Waals surface area contributed by atoms with Gasteiger partial charge < -0.3 is 0 Å². The average Bonchev–Trinajstić information content (AvgIpc) is 2.93. The van der Waals surface area contributed by atoms with E-state index in [0.717, 1.165) is 18.4 Å².